The van der Waals surface area contributed by atoms with Gasteiger partial charge in [0.2, 0.25) is 0 Å². The highest BCUT2D eigenvalue weighted by Gasteiger charge is 2.49. The van der Waals surface area contributed by atoms with Crippen LogP contribution in [0.15, 0.2) is 18.6 Å². The van der Waals surface area contributed by atoms with Crippen LogP contribution in [0.25, 0.3) is 0 Å². The summed E-state index contributed by atoms with van der Waals surface area (Å²) in [6.45, 7) is 8.05. The van der Waals surface area contributed by atoms with E-state index in [0.717, 1.165) is 37.3 Å². The van der Waals surface area contributed by atoms with Crippen LogP contribution in [0.1, 0.15) is 13.8 Å². The number of fused-ring (bicyclic) bond motifs is 1. The van der Waals surface area contributed by atoms with Gasteiger partial charge in [-0.2, -0.15) is 0 Å². The molecule has 0 saturated carbocycles. The first-order valence-electron chi connectivity index (χ1n) is 5.94. The molecular weight excluding hydrogens is 200 g/mol. The van der Waals surface area contributed by atoms with Crippen molar-refractivity contribution in [3.05, 3.63) is 18.6 Å². The molecule has 4 heteroatoms. The first-order chi connectivity index (χ1) is 7.69. The van der Waals surface area contributed by atoms with Gasteiger partial charge in [-0.1, -0.05) is 0 Å². The number of nitrogens with zero attached hydrogens (tertiary/aromatic N) is 3. The van der Waals surface area contributed by atoms with Gasteiger partial charge in [0.1, 0.15) is 12.1 Å². The summed E-state index contributed by atoms with van der Waals surface area (Å²) in [7, 11) is 0. The van der Waals surface area contributed by atoms with E-state index in [0.29, 0.717) is 0 Å². The summed E-state index contributed by atoms with van der Waals surface area (Å²) in [6, 6.07) is 2.01. The lowest BCUT2D eigenvalue weighted by atomic mass is 9.85. The van der Waals surface area contributed by atoms with Crippen LogP contribution in [-0.2, 0) is 0 Å². The summed E-state index contributed by atoms with van der Waals surface area (Å²) in [5, 5.41) is 3.49. The third-order valence-corrected chi connectivity index (χ3v) is 4.20. The van der Waals surface area contributed by atoms with Crippen LogP contribution in [0, 0.1) is 11.8 Å². The quantitative estimate of drug-likeness (QED) is 0.760. The van der Waals surface area contributed by atoms with E-state index in [4.69, 9.17) is 0 Å². The maximum Gasteiger partial charge on any atom is 0.132 e. The normalized spacial score (nSPS) is 31.8. The number of nitrogens with one attached hydrogen (secondary N) is 1. The Balaban J connectivity index is 1.93. The lowest BCUT2D eigenvalue weighted by Gasteiger charge is -2.36. The highest BCUT2D eigenvalue weighted by atomic mass is 15.3. The van der Waals surface area contributed by atoms with Crippen LogP contribution in [0.2, 0.25) is 0 Å². The minimum atomic E-state index is 0.197. The van der Waals surface area contributed by atoms with E-state index in [1.165, 1.54) is 0 Å². The molecule has 0 amide bonds. The summed E-state index contributed by atoms with van der Waals surface area (Å²) in [6.07, 6.45) is 3.46. The summed E-state index contributed by atoms with van der Waals surface area (Å²) >= 11 is 0. The molecule has 1 aromatic rings. The minimum absolute atomic E-state index is 0.197. The molecule has 2 unspecified atom stereocenters. The molecular formula is C12H18N4. The van der Waals surface area contributed by atoms with E-state index >= 15 is 0 Å². The van der Waals surface area contributed by atoms with Gasteiger partial charge in [0, 0.05) is 31.4 Å². The van der Waals surface area contributed by atoms with Crippen LogP contribution < -0.4 is 10.2 Å². The molecule has 2 saturated heterocycles. The number of hydrogen-bond acceptors (Lipinski definition) is 4. The molecule has 0 aromatic carbocycles. The zero-order chi connectivity index (χ0) is 11.2. The van der Waals surface area contributed by atoms with E-state index in [2.05, 4.69) is 34.0 Å². The predicted molar refractivity (Wildman–Crippen MR) is 63.3 cm³/mol. The first-order valence-corrected chi connectivity index (χ1v) is 5.94. The molecule has 0 bridgehead atoms. The molecule has 3 heterocycles. The second kappa shape index (κ2) is 3.42. The second-order valence-corrected chi connectivity index (χ2v) is 5.36. The SMILES string of the molecule is CC1(C)C2CNCC2CN1c1ccncn1. The van der Waals surface area contributed by atoms with Crippen molar-refractivity contribution in [1.82, 2.24) is 15.3 Å². The molecule has 2 fully saturated rings. The van der Waals surface area contributed by atoms with Crippen molar-refractivity contribution in [2.45, 2.75) is 19.4 Å². The summed E-state index contributed by atoms with van der Waals surface area (Å²) in [4.78, 5) is 10.8. The van der Waals surface area contributed by atoms with Crippen LogP contribution in [0.3, 0.4) is 0 Å². The van der Waals surface area contributed by atoms with Crippen molar-refractivity contribution in [1.29, 1.82) is 0 Å². The predicted octanol–water partition coefficient (Wildman–Crippen LogP) is 0.911. The fraction of sp³-hybridized carbons (Fsp3) is 0.667. The van der Waals surface area contributed by atoms with E-state index in [9.17, 15) is 0 Å². The average Bonchev–Trinajstić information content (AvgIpc) is 2.83. The van der Waals surface area contributed by atoms with E-state index in [1.807, 2.05) is 12.3 Å². The first kappa shape index (κ1) is 10.0. The molecule has 0 radical (unpaired) electrons. The van der Waals surface area contributed by atoms with Gasteiger partial charge in [-0.25, -0.2) is 9.97 Å². The van der Waals surface area contributed by atoms with Crippen molar-refractivity contribution in [3.8, 4) is 0 Å². The van der Waals surface area contributed by atoms with Crippen molar-refractivity contribution in [2.24, 2.45) is 11.8 Å². The highest BCUT2D eigenvalue weighted by molar-refractivity contribution is 5.43. The molecule has 4 nitrogen and oxygen atoms in total. The Kier molecular flexibility index (Phi) is 2.14. The Morgan fingerprint density at radius 1 is 1.44 bits per heavy atom. The maximum absolute atomic E-state index is 4.38. The van der Waals surface area contributed by atoms with Gasteiger partial charge in [0.05, 0.1) is 0 Å². The molecule has 1 aromatic heterocycles. The lowest BCUT2D eigenvalue weighted by molar-refractivity contribution is 0.356. The Bertz CT molecular complexity index is 376. The number of anilines is 1. The van der Waals surface area contributed by atoms with Crippen LogP contribution in [-0.4, -0.2) is 35.1 Å². The molecule has 2 aliphatic heterocycles. The van der Waals surface area contributed by atoms with Crippen molar-refractivity contribution in [3.63, 3.8) is 0 Å². The molecule has 0 aliphatic carbocycles. The van der Waals surface area contributed by atoms with Crippen LogP contribution in [0.5, 0.6) is 0 Å². The molecule has 86 valence electrons. The van der Waals surface area contributed by atoms with Gasteiger partial charge in [-0.05, 0) is 31.7 Å². The van der Waals surface area contributed by atoms with E-state index in [-0.39, 0.29) is 5.54 Å². The van der Waals surface area contributed by atoms with E-state index in [1.54, 1.807) is 6.33 Å². The molecule has 2 atom stereocenters. The Morgan fingerprint density at radius 2 is 2.31 bits per heavy atom. The molecule has 16 heavy (non-hydrogen) atoms. The lowest BCUT2D eigenvalue weighted by Crippen LogP contribution is -2.45. The second-order valence-electron chi connectivity index (χ2n) is 5.36. The van der Waals surface area contributed by atoms with Crippen molar-refractivity contribution >= 4 is 5.82 Å². The van der Waals surface area contributed by atoms with Gasteiger partial charge >= 0.3 is 0 Å². The van der Waals surface area contributed by atoms with Crippen molar-refractivity contribution < 1.29 is 0 Å². The average molecular weight is 218 g/mol. The zero-order valence-corrected chi connectivity index (χ0v) is 9.85. The molecule has 0 spiro atoms. The Labute approximate surface area is 96.1 Å². The minimum Gasteiger partial charge on any atom is -0.351 e. The third-order valence-electron chi connectivity index (χ3n) is 4.20. The van der Waals surface area contributed by atoms with Crippen LogP contribution >= 0.6 is 0 Å². The van der Waals surface area contributed by atoms with Gasteiger partial charge in [0.15, 0.2) is 0 Å². The van der Waals surface area contributed by atoms with Crippen LogP contribution in [0.4, 0.5) is 5.82 Å². The van der Waals surface area contributed by atoms with Gasteiger partial charge < -0.3 is 10.2 Å². The van der Waals surface area contributed by atoms with Crippen molar-refractivity contribution in [2.75, 3.05) is 24.5 Å². The standard InChI is InChI=1S/C12H18N4/c1-12(2)10-6-14-5-9(10)7-16(12)11-3-4-13-8-15-11/h3-4,8-10,14H,5-7H2,1-2H3. The van der Waals surface area contributed by atoms with E-state index < -0.39 is 0 Å². The number of rotatable bonds is 1. The number of hydrogen-bond donors (Lipinski definition) is 1. The molecule has 1 N–H and O–H groups in total. The smallest absolute Gasteiger partial charge is 0.132 e. The topological polar surface area (TPSA) is 41.0 Å². The maximum atomic E-state index is 4.38. The third kappa shape index (κ3) is 1.33. The summed E-state index contributed by atoms with van der Waals surface area (Å²) in [5.41, 5.74) is 0.197. The van der Waals surface area contributed by atoms with Gasteiger partial charge in [-0.15, -0.1) is 0 Å². The number of aromatic nitrogens is 2. The summed E-state index contributed by atoms with van der Waals surface area (Å²) < 4.78 is 0. The van der Waals surface area contributed by atoms with Gasteiger partial charge in [-0.3, -0.25) is 0 Å². The Hall–Kier alpha value is -1.16. The monoisotopic (exact) mass is 218 g/mol. The molecule has 2 aliphatic rings. The Morgan fingerprint density at radius 3 is 3.00 bits per heavy atom. The fourth-order valence-electron chi connectivity index (χ4n) is 3.25. The molecule has 3 rings (SSSR count). The zero-order valence-electron chi connectivity index (χ0n) is 9.85. The fourth-order valence-corrected chi connectivity index (χ4v) is 3.25. The highest BCUT2D eigenvalue weighted by Crippen LogP contribution is 2.42. The van der Waals surface area contributed by atoms with Gasteiger partial charge in [0.25, 0.3) is 0 Å². The largest absolute Gasteiger partial charge is 0.351 e. The summed E-state index contributed by atoms with van der Waals surface area (Å²) in [5.74, 6) is 2.57.